The first-order valence-corrected chi connectivity index (χ1v) is 14.7. The minimum atomic E-state index is -4.42. The molecule has 0 spiro atoms. The number of aliphatic hydroxyl groups excluding tert-OH is 1. The Morgan fingerprint density at radius 3 is 2.17 bits per heavy atom. The quantitative estimate of drug-likeness (QED) is 0.0743. The standard InChI is InChI=1S/C24H48N2O2.C2H6O4S/c1-5-6-7-14-18-23(27)19-15-12-10-8-9-11-13-16-20-24(28)25-21-17-22-26(2,3)4;1-2-6-7(3,4)5/h12,15,23,27H,5-11,13-14,16-22H2,1-4H3;2H2,1H3,(H,3,4,5)/b15-12-;. The molecule has 0 saturated heterocycles. The van der Waals surface area contributed by atoms with Crippen molar-refractivity contribution in [1.29, 1.82) is 0 Å². The zero-order valence-corrected chi connectivity index (χ0v) is 23.9. The first-order chi connectivity index (χ1) is 16.4. The second-order valence-electron chi connectivity index (χ2n) is 10.0. The third kappa shape index (κ3) is 35.2. The maximum absolute atomic E-state index is 11.8. The number of nitrogens with zero attached hydrogens (tertiary/aromatic N) is 1. The average molecular weight is 523 g/mol. The number of allylic oxidation sites excluding steroid dienone is 1. The number of carbonyl (C=O) groups excluding carboxylic acids is 1. The summed E-state index contributed by atoms with van der Waals surface area (Å²) in [5.74, 6) is 0.206. The Morgan fingerprint density at radius 2 is 1.60 bits per heavy atom. The molecular weight excluding hydrogens is 468 g/mol. The molecule has 0 heterocycles. The van der Waals surface area contributed by atoms with Gasteiger partial charge in [0.15, 0.2) is 0 Å². The normalized spacial score (nSPS) is 12.9. The van der Waals surface area contributed by atoms with Gasteiger partial charge in [-0.05, 0) is 39.0 Å². The van der Waals surface area contributed by atoms with Gasteiger partial charge < -0.3 is 19.5 Å². The Hall–Kier alpha value is -1.00. The largest absolute Gasteiger partial charge is 0.726 e. The Labute approximate surface area is 216 Å². The van der Waals surface area contributed by atoms with E-state index in [1.54, 1.807) is 0 Å². The lowest BCUT2D eigenvalue weighted by atomic mass is 10.1. The number of aliphatic hydroxyl groups is 1. The summed E-state index contributed by atoms with van der Waals surface area (Å²) in [5.41, 5.74) is 0. The van der Waals surface area contributed by atoms with Gasteiger partial charge in [-0.25, -0.2) is 8.42 Å². The summed E-state index contributed by atoms with van der Waals surface area (Å²) < 4.78 is 33.0. The SMILES string of the molecule is CCCCCCC(O)C/C=C\CCCCCCCC(=O)NCCC[N+](C)(C)C.CCOS(=O)(=O)[O-]. The van der Waals surface area contributed by atoms with Crippen molar-refractivity contribution in [1.82, 2.24) is 5.32 Å². The number of hydrogen-bond acceptors (Lipinski definition) is 6. The van der Waals surface area contributed by atoms with E-state index in [0.29, 0.717) is 6.42 Å². The Bertz CT molecular complexity index is 618. The molecule has 0 radical (unpaired) electrons. The summed E-state index contributed by atoms with van der Waals surface area (Å²) in [5, 5.41) is 12.9. The molecule has 9 heteroatoms. The van der Waals surface area contributed by atoms with Crippen LogP contribution in [0.25, 0.3) is 0 Å². The predicted molar refractivity (Wildman–Crippen MR) is 143 cm³/mol. The van der Waals surface area contributed by atoms with E-state index in [1.807, 2.05) is 0 Å². The van der Waals surface area contributed by atoms with Crippen LogP contribution in [0.1, 0.15) is 104 Å². The highest BCUT2D eigenvalue weighted by Gasteiger charge is 2.06. The van der Waals surface area contributed by atoms with Gasteiger partial charge in [-0.15, -0.1) is 0 Å². The highest BCUT2D eigenvalue weighted by Crippen LogP contribution is 2.10. The van der Waals surface area contributed by atoms with Crippen molar-refractivity contribution in [2.45, 2.75) is 110 Å². The first kappa shape index (κ1) is 36.2. The number of nitrogens with one attached hydrogen (secondary N) is 1. The molecule has 0 aliphatic carbocycles. The molecule has 0 aliphatic heterocycles. The highest BCUT2D eigenvalue weighted by atomic mass is 32.3. The van der Waals surface area contributed by atoms with Crippen LogP contribution in [0.5, 0.6) is 0 Å². The monoisotopic (exact) mass is 522 g/mol. The molecule has 1 unspecified atom stereocenters. The van der Waals surface area contributed by atoms with Crippen molar-refractivity contribution < 1.29 is 31.5 Å². The van der Waals surface area contributed by atoms with E-state index in [4.69, 9.17) is 0 Å². The van der Waals surface area contributed by atoms with Crippen molar-refractivity contribution in [2.24, 2.45) is 0 Å². The Balaban J connectivity index is 0. The molecular formula is C26H54N2O6S. The van der Waals surface area contributed by atoms with Gasteiger partial charge in [-0.2, -0.15) is 0 Å². The second kappa shape index (κ2) is 23.4. The number of rotatable bonds is 21. The molecule has 0 aromatic rings. The van der Waals surface area contributed by atoms with Crippen LogP contribution in [0, 0.1) is 0 Å². The van der Waals surface area contributed by atoms with Crippen molar-refractivity contribution in [3.63, 3.8) is 0 Å². The van der Waals surface area contributed by atoms with Crippen LogP contribution in [0.15, 0.2) is 12.2 Å². The molecule has 8 nitrogen and oxygen atoms in total. The van der Waals surface area contributed by atoms with E-state index >= 15 is 0 Å². The maximum Gasteiger partial charge on any atom is 0.219 e. The lowest BCUT2D eigenvalue weighted by molar-refractivity contribution is -0.870. The number of unbranched alkanes of at least 4 members (excludes halogenated alkanes) is 8. The van der Waals surface area contributed by atoms with E-state index in [1.165, 1.54) is 45.4 Å². The molecule has 0 rings (SSSR count). The van der Waals surface area contributed by atoms with E-state index in [2.05, 4.69) is 49.7 Å². The zero-order valence-electron chi connectivity index (χ0n) is 23.1. The zero-order chi connectivity index (χ0) is 27.0. The Morgan fingerprint density at radius 1 is 0.971 bits per heavy atom. The number of carbonyl (C=O) groups is 1. The molecule has 0 fully saturated rings. The summed E-state index contributed by atoms with van der Waals surface area (Å²) in [6, 6.07) is 0. The van der Waals surface area contributed by atoms with Gasteiger partial charge in [-0.1, -0.05) is 64.0 Å². The fourth-order valence-corrected chi connectivity index (χ4v) is 3.68. The van der Waals surface area contributed by atoms with Gasteiger partial charge in [0, 0.05) is 19.4 Å². The van der Waals surface area contributed by atoms with Gasteiger partial charge in [0.25, 0.3) is 0 Å². The number of amides is 1. The second-order valence-corrected chi connectivity index (χ2v) is 11.1. The van der Waals surface area contributed by atoms with E-state index in [-0.39, 0.29) is 18.6 Å². The van der Waals surface area contributed by atoms with Crippen molar-refractivity contribution in [3.05, 3.63) is 12.2 Å². The summed E-state index contributed by atoms with van der Waals surface area (Å²) in [7, 11) is 2.11. The lowest BCUT2D eigenvalue weighted by Gasteiger charge is -2.23. The fraction of sp³-hybridized carbons (Fsp3) is 0.885. The molecule has 1 amide bonds. The summed E-state index contributed by atoms with van der Waals surface area (Å²) in [4.78, 5) is 11.8. The minimum absolute atomic E-state index is 0.0914. The van der Waals surface area contributed by atoms with Crippen LogP contribution in [-0.4, -0.2) is 75.4 Å². The first-order valence-electron chi connectivity index (χ1n) is 13.4. The molecule has 35 heavy (non-hydrogen) atoms. The Kier molecular flexibility index (Phi) is 24.2. The van der Waals surface area contributed by atoms with Crippen molar-refractivity contribution >= 4 is 16.3 Å². The molecule has 0 aromatic heterocycles. The minimum Gasteiger partial charge on any atom is -0.726 e. The van der Waals surface area contributed by atoms with E-state index in [9.17, 15) is 22.9 Å². The summed E-state index contributed by atoms with van der Waals surface area (Å²) in [6.45, 7) is 5.44. The average Bonchev–Trinajstić information content (AvgIpc) is 2.74. The topological polar surface area (TPSA) is 116 Å². The van der Waals surface area contributed by atoms with Crippen LogP contribution in [0.4, 0.5) is 0 Å². The molecule has 0 bridgehead atoms. The van der Waals surface area contributed by atoms with Crippen LogP contribution in [0.2, 0.25) is 0 Å². The molecule has 1 atom stereocenters. The van der Waals surface area contributed by atoms with Crippen molar-refractivity contribution in [3.8, 4) is 0 Å². The van der Waals surface area contributed by atoms with E-state index < -0.39 is 10.4 Å². The van der Waals surface area contributed by atoms with Crippen LogP contribution >= 0.6 is 0 Å². The molecule has 0 aromatic carbocycles. The molecule has 210 valence electrons. The van der Waals surface area contributed by atoms with E-state index in [0.717, 1.165) is 62.5 Å². The van der Waals surface area contributed by atoms with Crippen molar-refractivity contribution in [2.75, 3.05) is 40.8 Å². The van der Waals surface area contributed by atoms with Crippen LogP contribution < -0.4 is 5.32 Å². The highest BCUT2D eigenvalue weighted by molar-refractivity contribution is 7.80. The summed E-state index contributed by atoms with van der Waals surface area (Å²) in [6.07, 6.45) is 19.5. The molecule has 0 aliphatic rings. The molecule has 0 saturated carbocycles. The number of hydrogen-bond donors (Lipinski definition) is 2. The third-order valence-electron chi connectivity index (χ3n) is 5.33. The van der Waals surface area contributed by atoms with Gasteiger partial charge in [0.05, 0.1) is 40.4 Å². The maximum atomic E-state index is 11.8. The fourth-order valence-electron chi connectivity index (χ4n) is 3.39. The van der Waals surface area contributed by atoms with Gasteiger partial charge in [-0.3, -0.25) is 8.98 Å². The summed E-state index contributed by atoms with van der Waals surface area (Å²) >= 11 is 0. The van der Waals surface area contributed by atoms with Gasteiger partial charge >= 0.3 is 0 Å². The lowest BCUT2D eigenvalue weighted by Crippen LogP contribution is -2.37. The smallest absolute Gasteiger partial charge is 0.219 e. The number of quaternary nitrogens is 1. The van der Waals surface area contributed by atoms with Crippen LogP contribution in [-0.2, 0) is 19.4 Å². The molecule has 2 N–H and O–H groups in total. The van der Waals surface area contributed by atoms with Gasteiger partial charge in [0.2, 0.25) is 16.3 Å². The predicted octanol–water partition coefficient (Wildman–Crippen LogP) is 4.69. The van der Waals surface area contributed by atoms with Gasteiger partial charge in [0.1, 0.15) is 0 Å². The van der Waals surface area contributed by atoms with Crippen LogP contribution in [0.3, 0.4) is 0 Å². The third-order valence-corrected chi connectivity index (χ3v) is 5.85.